The predicted octanol–water partition coefficient (Wildman–Crippen LogP) is 0.329. The molecule has 0 spiro atoms. The highest BCUT2D eigenvalue weighted by Crippen LogP contribution is 2.07. The monoisotopic (exact) mass is 183 g/mol. The van der Waals surface area contributed by atoms with Gasteiger partial charge in [0.25, 0.3) is 0 Å². The summed E-state index contributed by atoms with van der Waals surface area (Å²) in [5.74, 6) is 0. The summed E-state index contributed by atoms with van der Waals surface area (Å²) in [7, 11) is 0. The van der Waals surface area contributed by atoms with Crippen LogP contribution in [0.2, 0.25) is 0 Å². The molecule has 4 heteroatoms. The Hall–Kier alpha value is -0.450. The van der Waals surface area contributed by atoms with Crippen LogP contribution < -0.4 is 5.73 Å². The molecule has 1 saturated heterocycles. The van der Waals surface area contributed by atoms with E-state index in [0.29, 0.717) is 6.04 Å². The van der Waals surface area contributed by atoms with Gasteiger partial charge in [-0.2, -0.15) is 0 Å². The predicted molar refractivity (Wildman–Crippen MR) is 50.2 cm³/mol. The van der Waals surface area contributed by atoms with E-state index in [9.17, 15) is 0 Å². The number of aromatic nitrogens is 1. The van der Waals surface area contributed by atoms with Crippen LogP contribution in [0.3, 0.4) is 0 Å². The van der Waals surface area contributed by atoms with Gasteiger partial charge in [0.15, 0.2) is 0 Å². The molecule has 1 aromatic rings. The number of thiazole rings is 1. The van der Waals surface area contributed by atoms with E-state index in [-0.39, 0.29) is 0 Å². The lowest BCUT2D eigenvalue weighted by Crippen LogP contribution is -2.55. The van der Waals surface area contributed by atoms with Gasteiger partial charge in [0, 0.05) is 37.5 Å². The lowest BCUT2D eigenvalue weighted by molar-refractivity contribution is 0.153. The summed E-state index contributed by atoms with van der Waals surface area (Å²) in [4.78, 5) is 6.59. The van der Waals surface area contributed by atoms with Crippen LogP contribution in [-0.4, -0.2) is 35.6 Å². The first-order valence-corrected chi connectivity index (χ1v) is 5.14. The summed E-state index contributed by atoms with van der Waals surface area (Å²) in [5.41, 5.74) is 8.76. The molecule has 66 valence electrons. The van der Waals surface area contributed by atoms with Gasteiger partial charge in [-0.15, -0.1) is 11.3 Å². The average molecular weight is 183 g/mol. The Morgan fingerprint density at radius 3 is 3.08 bits per heavy atom. The molecule has 0 aromatic carbocycles. The number of rotatable bonds is 3. The van der Waals surface area contributed by atoms with Gasteiger partial charge >= 0.3 is 0 Å². The van der Waals surface area contributed by atoms with E-state index in [2.05, 4.69) is 15.3 Å². The SMILES string of the molecule is NC1CN(CCc2cscn2)C1. The van der Waals surface area contributed by atoms with Crippen molar-refractivity contribution < 1.29 is 0 Å². The van der Waals surface area contributed by atoms with Crippen molar-refractivity contribution >= 4 is 11.3 Å². The maximum absolute atomic E-state index is 5.66. The van der Waals surface area contributed by atoms with Crippen molar-refractivity contribution in [3.05, 3.63) is 16.6 Å². The summed E-state index contributed by atoms with van der Waals surface area (Å²) in [6.07, 6.45) is 1.07. The Morgan fingerprint density at radius 1 is 1.67 bits per heavy atom. The Balaban J connectivity index is 1.70. The fourth-order valence-corrected chi connectivity index (χ4v) is 2.02. The molecule has 3 nitrogen and oxygen atoms in total. The Labute approximate surface area is 76.2 Å². The Kier molecular flexibility index (Phi) is 2.39. The van der Waals surface area contributed by atoms with Gasteiger partial charge in [0.2, 0.25) is 0 Å². The summed E-state index contributed by atoms with van der Waals surface area (Å²) in [5, 5.41) is 2.11. The van der Waals surface area contributed by atoms with Crippen molar-refractivity contribution in [2.75, 3.05) is 19.6 Å². The van der Waals surface area contributed by atoms with E-state index in [1.807, 2.05) is 5.51 Å². The van der Waals surface area contributed by atoms with Crippen LogP contribution in [0.5, 0.6) is 0 Å². The first-order valence-electron chi connectivity index (χ1n) is 4.19. The molecular formula is C8H13N3S. The van der Waals surface area contributed by atoms with E-state index in [0.717, 1.165) is 26.1 Å². The normalized spacial score (nSPS) is 19.4. The topological polar surface area (TPSA) is 42.1 Å². The second-order valence-corrected chi connectivity index (χ2v) is 3.97. The van der Waals surface area contributed by atoms with Gasteiger partial charge in [-0.3, -0.25) is 4.90 Å². The van der Waals surface area contributed by atoms with Gasteiger partial charge in [0.1, 0.15) is 0 Å². The van der Waals surface area contributed by atoms with Gasteiger partial charge in [-0.05, 0) is 0 Å². The zero-order valence-corrected chi connectivity index (χ0v) is 7.76. The first-order chi connectivity index (χ1) is 5.84. The van der Waals surface area contributed by atoms with Crippen molar-refractivity contribution in [2.45, 2.75) is 12.5 Å². The van der Waals surface area contributed by atoms with Crippen LogP contribution in [0, 0.1) is 0 Å². The van der Waals surface area contributed by atoms with Crippen molar-refractivity contribution in [2.24, 2.45) is 5.73 Å². The molecule has 2 rings (SSSR count). The standard InChI is InChI=1S/C8H13N3S/c9-7-3-11(4-7)2-1-8-5-12-6-10-8/h5-7H,1-4,9H2. The zero-order valence-electron chi connectivity index (χ0n) is 6.94. The van der Waals surface area contributed by atoms with Crippen LogP contribution in [0.15, 0.2) is 10.9 Å². The summed E-state index contributed by atoms with van der Waals surface area (Å²) >= 11 is 1.66. The Morgan fingerprint density at radius 2 is 2.50 bits per heavy atom. The third-order valence-corrected chi connectivity index (χ3v) is 2.79. The van der Waals surface area contributed by atoms with Crippen LogP contribution >= 0.6 is 11.3 Å². The average Bonchev–Trinajstić information content (AvgIpc) is 2.47. The molecule has 0 unspecified atom stereocenters. The highest BCUT2D eigenvalue weighted by Gasteiger charge is 2.21. The van der Waals surface area contributed by atoms with Gasteiger partial charge in [-0.25, -0.2) is 4.98 Å². The van der Waals surface area contributed by atoms with Gasteiger partial charge in [0.05, 0.1) is 11.2 Å². The molecule has 0 aliphatic carbocycles. The number of hydrogen-bond acceptors (Lipinski definition) is 4. The summed E-state index contributed by atoms with van der Waals surface area (Å²) < 4.78 is 0. The fourth-order valence-electron chi connectivity index (χ4n) is 1.43. The van der Waals surface area contributed by atoms with Gasteiger partial charge in [-0.1, -0.05) is 0 Å². The van der Waals surface area contributed by atoms with Crippen molar-refractivity contribution in [3.63, 3.8) is 0 Å². The maximum Gasteiger partial charge on any atom is 0.0794 e. The maximum atomic E-state index is 5.66. The minimum Gasteiger partial charge on any atom is -0.325 e. The van der Waals surface area contributed by atoms with E-state index < -0.39 is 0 Å². The highest BCUT2D eigenvalue weighted by molar-refractivity contribution is 7.07. The molecule has 0 atom stereocenters. The molecule has 1 aliphatic rings. The molecule has 2 heterocycles. The molecular weight excluding hydrogens is 170 g/mol. The lowest BCUT2D eigenvalue weighted by atomic mass is 10.1. The highest BCUT2D eigenvalue weighted by atomic mass is 32.1. The molecule has 0 radical (unpaired) electrons. The van der Waals surface area contributed by atoms with Crippen LogP contribution in [-0.2, 0) is 6.42 Å². The first kappa shape index (κ1) is 8.16. The third-order valence-electron chi connectivity index (χ3n) is 2.15. The zero-order chi connectivity index (χ0) is 8.39. The van der Waals surface area contributed by atoms with Crippen LogP contribution in [0.1, 0.15) is 5.69 Å². The largest absolute Gasteiger partial charge is 0.325 e. The molecule has 1 fully saturated rings. The minimum absolute atomic E-state index is 0.417. The van der Waals surface area contributed by atoms with Gasteiger partial charge < -0.3 is 5.73 Å². The smallest absolute Gasteiger partial charge is 0.0794 e. The van der Waals surface area contributed by atoms with E-state index in [1.54, 1.807) is 11.3 Å². The quantitative estimate of drug-likeness (QED) is 0.734. The van der Waals surface area contributed by atoms with E-state index in [1.165, 1.54) is 5.69 Å². The van der Waals surface area contributed by atoms with Crippen molar-refractivity contribution in [1.29, 1.82) is 0 Å². The van der Waals surface area contributed by atoms with E-state index in [4.69, 9.17) is 5.73 Å². The number of nitrogens with zero attached hydrogens (tertiary/aromatic N) is 2. The summed E-state index contributed by atoms with van der Waals surface area (Å²) in [6.45, 7) is 3.23. The molecule has 0 saturated carbocycles. The second-order valence-electron chi connectivity index (χ2n) is 3.25. The van der Waals surface area contributed by atoms with Crippen LogP contribution in [0.25, 0.3) is 0 Å². The fraction of sp³-hybridized carbons (Fsp3) is 0.625. The number of likely N-dealkylation sites (tertiary alicyclic amines) is 1. The van der Waals surface area contributed by atoms with E-state index >= 15 is 0 Å². The molecule has 12 heavy (non-hydrogen) atoms. The molecule has 1 aliphatic heterocycles. The molecule has 1 aromatic heterocycles. The second kappa shape index (κ2) is 3.51. The van der Waals surface area contributed by atoms with Crippen molar-refractivity contribution in [3.8, 4) is 0 Å². The Bertz CT molecular complexity index is 228. The molecule has 0 bridgehead atoms. The van der Waals surface area contributed by atoms with Crippen LogP contribution in [0.4, 0.5) is 0 Å². The number of hydrogen-bond donors (Lipinski definition) is 1. The summed E-state index contributed by atoms with van der Waals surface area (Å²) in [6, 6.07) is 0.417. The lowest BCUT2D eigenvalue weighted by Gasteiger charge is -2.36. The molecule has 2 N–H and O–H groups in total. The number of nitrogens with two attached hydrogens (primary N) is 1. The minimum atomic E-state index is 0.417. The third kappa shape index (κ3) is 1.83. The van der Waals surface area contributed by atoms with Crippen molar-refractivity contribution in [1.82, 2.24) is 9.88 Å². The molecule has 0 amide bonds.